The molecule has 4 aromatic rings. The van der Waals surface area contributed by atoms with Gasteiger partial charge in [-0.25, -0.2) is 9.49 Å². The average molecular weight is 378 g/mol. The smallest absolute Gasteiger partial charge is 0.216 e. The fourth-order valence-electron chi connectivity index (χ4n) is 2.79. The van der Waals surface area contributed by atoms with Crippen molar-refractivity contribution in [2.45, 2.75) is 0 Å². The maximum Gasteiger partial charge on any atom is 0.216 e. The van der Waals surface area contributed by atoms with Crippen molar-refractivity contribution in [1.29, 1.82) is 0 Å². The Bertz CT molecular complexity index is 1210. The van der Waals surface area contributed by atoms with E-state index in [4.69, 9.17) is 17.0 Å². The Morgan fingerprint density at radius 2 is 1.93 bits per heavy atom. The normalized spacial score (nSPS) is 11.3. The molecule has 3 aromatic carbocycles. The van der Waals surface area contributed by atoms with Gasteiger partial charge in [-0.1, -0.05) is 30.3 Å². The quantitative estimate of drug-likeness (QED) is 0.410. The van der Waals surface area contributed by atoms with E-state index in [0.717, 1.165) is 22.1 Å². The van der Waals surface area contributed by atoms with Gasteiger partial charge in [0.2, 0.25) is 4.77 Å². The van der Waals surface area contributed by atoms with Crippen LogP contribution >= 0.6 is 12.2 Å². The number of hydrogen-bond acceptors (Lipinski definition) is 4. The Morgan fingerprint density at radius 1 is 1.11 bits per heavy atom. The van der Waals surface area contributed by atoms with Crippen LogP contribution in [0.15, 0.2) is 65.8 Å². The van der Waals surface area contributed by atoms with E-state index in [0.29, 0.717) is 16.2 Å². The predicted octanol–water partition coefficient (Wildman–Crippen LogP) is 4.79. The molecule has 0 spiro atoms. The summed E-state index contributed by atoms with van der Waals surface area (Å²) in [5.41, 5.74) is 1.49. The molecule has 1 N–H and O–H groups in total. The third-order valence-electron chi connectivity index (χ3n) is 4.13. The highest BCUT2D eigenvalue weighted by atomic mass is 32.1. The lowest BCUT2D eigenvalue weighted by molar-refractivity contribution is 0.415. The Labute approximate surface area is 159 Å². The molecule has 0 saturated carbocycles. The summed E-state index contributed by atoms with van der Waals surface area (Å²) in [5.74, 6) is 0.913. The lowest BCUT2D eigenvalue weighted by atomic mass is 10.1. The topological polar surface area (TPSA) is 55.2 Å². The number of methoxy groups -OCH3 is 1. The van der Waals surface area contributed by atoms with Gasteiger partial charge in [-0.05, 0) is 58.9 Å². The molecule has 7 heteroatoms. The van der Waals surface area contributed by atoms with E-state index in [2.05, 4.69) is 15.3 Å². The molecule has 0 unspecified atom stereocenters. The summed E-state index contributed by atoms with van der Waals surface area (Å²) in [7, 11) is 1.65. The van der Waals surface area contributed by atoms with Gasteiger partial charge in [0.05, 0.1) is 13.3 Å². The minimum atomic E-state index is -0.345. The molecular weight excluding hydrogens is 363 g/mol. The van der Waals surface area contributed by atoms with Gasteiger partial charge in [0.15, 0.2) is 5.82 Å². The van der Waals surface area contributed by atoms with Crippen molar-refractivity contribution in [3.63, 3.8) is 0 Å². The average Bonchev–Trinajstić information content (AvgIpc) is 3.06. The molecule has 0 amide bonds. The summed E-state index contributed by atoms with van der Waals surface area (Å²) in [5, 5.41) is 13.4. The zero-order valence-electron chi connectivity index (χ0n) is 14.4. The van der Waals surface area contributed by atoms with E-state index in [-0.39, 0.29) is 5.82 Å². The number of aromatic amines is 1. The van der Waals surface area contributed by atoms with Crippen LogP contribution in [-0.2, 0) is 0 Å². The Kier molecular flexibility index (Phi) is 4.52. The molecule has 4 rings (SSSR count). The molecule has 5 nitrogen and oxygen atoms in total. The molecule has 0 fully saturated rings. The molecule has 0 bridgehead atoms. The zero-order chi connectivity index (χ0) is 18.8. The van der Waals surface area contributed by atoms with Gasteiger partial charge in [0, 0.05) is 5.56 Å². The lowest BCUT2D eigenvalue weighted by Gasteiger charge is -2.04. The predicted molar refractivity (Wildman–Crippen MR) is 106 cm³/mol. The van der Waals surface area contributed by atoms with Crippen LogP contribution in [0.25, 0.3) is 22.2 Å². The van der Waals surface area contributed by atoms with E-state index in [9.17, 15) is 4.39 Å². The van der Waals surface area contributed by atoms with Crippen LogP contribution in [0.3, 0.4) is 0 Å². The second kappa shape index (κ2) is 7.13. The SMILES string of the molecule is COc1ccc2cc(/C=N\n3c(-c4cccc(F)c4)n[nH]c3=S)ccc2c1. The number of hydrogen-bond donors (Lipinski definition) is 1. The number of nitrogens with one attached hydrogen (secondary N) is 1. The van der Waals surface area contributed by atoms with Gasteiger partial charge in [0.1, 0.15) is 11.6 Å². The third-order valence-corrected chi connectivity index (χ3v) is 4.39. The van der Waals surface area contributed by atoms with Crippen LogP contribution in [0.2, 0.25) is 0 Å². The van der Waals surface area contributed by atoms with Crippen LogP contribution in [-0.4, -0.2) is 28.2 Å². The number of fused-ring (bicyclic) bond motifs is 1. The summed E-state index contributed by atoms with van der Waals surface area (Å²) >= 11 is 5.25. The first kappa shape index (κ1) is 17.1. The van der Waals surface area contributed by atoms with Gasteiger partial charge >= 0.3 is 0 Å². The molecule has 0 atom stereocenters. The first-order chi connectivity index (χ1) is 13.1. The van der Waals surface area contributed by atoms with E-state index in [1.807, 2.05) is 36.4 Å². The Hall–Kier alpha value is -3.32. The molecule has 27 heavy (non-hydrogen) atoms. The molecular formula is C20H15FN4OS. The highest BCUT2D eigenvalue weighted by molar-refractivity contribution is 7.71. The number of benzene rings is 3. The Balaban J connectivity index is 1.70. The maximum atomic E-state index is 13.5. The van der Waals surface area contributed by atoms with Crippen LogP contribution < -0.4 is 4.74 Å². The van der Waals surface area contributed by atoms with Crippen molar-refractivity contribution in [1.82, 2.24) is 14.9 Å². The maximum absolute atomic E-state index is 13.5. The van der Waals surface area contributed by atoms with E-state index in [1.165, 1.54) is 16.8 Å². The summed E-state index contributed by atoms with van der Waals surface area (Å²) in [6, 6.07) is 18.0. The highest BCUT2D eigenvalue weighted by Gasteiger charge is 2.08. The lowest BCUT2D eigenvalue weighted by Crippen LogP contribution is -1.95. The number of aromatic nitrogens is 3. The number of rotatable bonds is 4. The first-order valence-corrected chi connectivity index (χ1v) is 8.60. The van der Waals surface area contributed by atoms with Crippen LogP contribution in [0.5, 0.6) is 5.75 Å². The van der Waals surface area contributed by atoms with Crippen molar-refractivity contribution in [2.24, 2.45) is 5.10 Å². The molecule has 0 aliphatic carbocycles. The molecule has 1 aromatic heterocycles. The largest absolute Gasteiger partial charge is 0.497 e. The van der Waals surface area contributed by atoms with Crippen LogP contribution in [0, 0.1) is 10.6 Å². The van der Waals surface area contributed by atoms with Gasteiger partial charge in [-0.3, -0.25) is 0 Å². The molecule has 0 saturated heterocycles. The van der Waals surface area contributed by atoms with E-state index < -0.39 is 0 Å². The minimum Gasteiger partial charge on any atom is -0.497 e. The highest BCUT2D eigenvalue weighted by Crippen LogP contribution is 2.22. The molecule has 0 radical (unpaired) electrons. The first-order valence-electron chi connectivity index (χ1n) is 8.19. The number of halogens is 1. The molecule has 0 aliphatic heterocycles. The fraction of sp³-hybridized carbons (Fsp3) is 0.0500. The third kappa shape index (κ3) is 3.50. The van der Waals surface area contributed by atoms with Gasteiger partial charge in [-0.15, -0.1) is 0 Å². The Morgan fingerprint density at radius 3 is 2.74 bits per heavy atom. The number of H-pyrrole nitrogens is 1. The minimum absolute atomic E-state index is 0.330. The summed E-state index contributed by atoms with van der Waals surface area (Å²) in [4.78, 5) is 0. The van der Waals surface area contributed by atoms with Gasteiger partial charge in [0.25, 0.3) is 0 Å². The van der Waals surface area contributed by atoms with Gasteiger partial charge in [-0.2, -0.15) is 14.9 Å². The zero-order valence-corrected chi connectivity index (χ0v) is 15.2. The molecule has 1 heterocycles. The van der Waals surface area contributed by atoms with Crippen molar-refractivity contribution in [3.8, 4) is 17.1 Å². The van der Waals surface area contributed by atoms with E-state index in [1.54, 1.807) is 25.5 Å². The molecule has 0 aliphatic rings. The monoisotopic (exact) mass is 378 g/mol. The fourth-order valence-corrected chi connectivity index (χ4v) is 2.97. The number of nitrogens with zero attached hydrogens (tertiary/aromatic N) is 3. The van der Waals surface area contributed by atoms with E-state index >= 15 is 0 Å². The number of ether oxygens (including phenoxy) is 1. The summed E-state index contributed by atoms with van der Waals surface area (Å²) in [6.45, 7) is 0. The second-order valence-electron chi connectivity index (χ2n) is 5.89. The van der Waals surface area contributed by atoms with Crippen molar-refractivity contribution >= 4 is 29.2 Å². The molecule has 134 valence electrons. The summed E-state index contributed by atoms with van der Waals surface area (Å²) in [6.07, 6.45) is 1.69. The van der Waals surface area contributed by atoms with Crippen LogP contribution in [0.4, 0.5) is 4.39 Å². The van der Waals surface area contributed by atoms with Crippen molar-refractivity contribution < 1.29 is 9.13 Å². The van der Waals surface area contributed by atoms with Crippen molar-refractivity contribution in [2.75, 3.05) is 7.11 Å². The summed E-state index contributed by atoms with van der Waals surface area (Å²) < 4.78 is 20.6. The van der Waals surface area contributed by atoms with Gasteiger partial charge < -0.3 is 4.74 Å². The van der Waals surface area contributed by atoms with Crippen molar-refractivity contribution in [3.05, 3.63) is 76.8 Å². The second-order valence-corrected chi connectivity index (χ2v) is 6.28. The van der Waals surface area contributed by atoms with Crippen LogP contribution in [0.1, 0.15) is 5.56 Å². The standard InChI is InChI=1S/C20H15FN4OS/c1-26-18-8-7-14-9-13(5-6-15(14)11-18)12-22-25-19(23-24-20(25)27)16-3-2-4-17(21)10-16/h2-12H,1H3,(H,24,27)/b22-12-.